The molecule has 2 aromatic heterocycles. The third-order valence-electron chi connectivity index (χ3n) is 3.16. The molecule has 2 heterocycles. The topological polar surface area (TPSA) is 115 Å². The van der Waals surface area contributed by atoms with E-state index in [9.17, 15) is 13.2 Å². The molecule has 3 rings (SSSR count). The predicted molar refractivity (Wildman–Crippen MR) is 87.5 cm³/mol. The second-order valence-electron chi connectivity index (χ2n) is 4.91. The average Bonchev–Trinajstić information content (AvgIpc) is 2.55. The maximum atomic E-state index is 10.6. The van der Waals surface area contributed by atoms with Crippen LogP contribution in [0.15, 0.2) is 48.8 Å². The Kier molecular flexibility index (Phi) is 5.06. The molecule has 0 spiro atoms. The number of aliphatic carboxylic acids is 1. The first-order valence-electron chi connectivity index (χ1n) is 6.85. The van der Waals surface area contributed by atoms with Gasteiger partial charge >= 0.3 is 12.1 Å². The lowest BCUT2D eigenvalue weighted by Crippen LogP contribution is -2.21. The molecule has 0 aliphatic heterocycles. The number of nitrogen functional groups attached to an aromatic ring is 2. The van der Waals surface area contributed by atoms with E-state index in [2.05, 4.69) is 9.97 Å². The number of carbonyl (C=O) groups is 1. The number of carboxylic acid groups (broad SMARTS) is 1. The zero-order chi connectivity index (χ0) is 18.6. The van der Waals surface area contributed by atoms with E-state index in [0.29, 0.717) is 11.6 Å². The van der Waals surface area contributed by atoms with Gasteiger partial charge in [-0.05, 0) is 35.2 Å². The second kappa shape index (κ2) is 7.04. The highest BCUT2D eigenvalue weighted by molar-refractivity contribution is 5.94. The third-order valence-corrected chi connectivity index (χ3v) is 3.16. The van der Waals surface area contributed by atoms with Crippen molar-refractivity contribution in [2.45, 2.75) is 6.18 Å². The highest BCUT2D eigenvalue weighted by Crippen LogP contribution is 2.26. The van der Waals surface area contributed by atoms with Gasteiger partial charge in [0.25, 0.3) is 0 Å². The van der Waals surface area contributed by atoms with Gasteiger partial charge in [0.15, 0.2) is 0 Å². The summed E-state index contributed by atoms with van der Waals surface area (Å²) >= 11 is 0. The highest BCUT2D eigenvalue weighted by atomic mass is 19.4. The summed E-state index contributed by atoms with van der Waals surface area (Å²) in [5.74, 6) is -1.70. The Bertz CT molecular complexity index is 896. The van der Waals surface area contributed by atoms with Crippen LogP contribution in [0.3, 0.4) is 0 Å². The number of nitrogens with two attached hydrogens (primary N) is 2. The van der Waals surface area contributed by atoms with Crippen LogP contribution in [-0.2, 0) is 4.79 Å². The average molecular weight is 350 g/mol. The molecule has 0 aliphatic rings. The molecule has 1 aromatic carbocycles. The maximum absolute atomic E-state index is 10.6. The quantitative estimate of drug-likeness (QED) is 0.621. The van der Waals surface area contributed by atoms with Crippen molar-refractivity contribution in [2.24, 2.45) is 0 Å². The highest BCUT2D eigenvalue weighted by Gasteiger charge is 2.38. The number of hydrogen-bond donors (Lipinski definition) is 3. The van der Waals surface area contributed by atoms with E-state index in [1.807, 2.05) is 30.3 Å². The number of pyridine rings is 2. The number of anilines is 2. The van der Waals surface area contributed by atoms with Gasteiger partial charge in [-0.1, -0.05) is 12.1 Å². The van der Waals surface area contributed by atoms with Crippen molar-refractivity contribution >= 4 is 28.4 Å². The Morgan fingerprint density at radius 2 is 1.64 bits per heavy atom. The molecule has 6 nitrogen and oxygen atoms in total. The number of benzene rings is 1. The van der Waals surface area contributed by atoms with Crippen molar-refractivity contribution in [3.05, 3.63) is 48.8 Å². The van der Waals surface area contributed by atoms with Gasteiger partial charge < -0.3 is 16.6 Å². The van der Waals surface area contributed by atoms with E-state index in [1.165, 1.54) is 0 Å². The molecule has 130 valence electrons. The minimum absolute atomic E-state index is 0.515. The van der Waals surface area contributed by atoms with Crippen LogP contribution in [0.4, 0.5) is 24.8 Å². The van der Waals surface area contributed by atoms with Gasteiger partial charge in [-0.25, -0.2) is 14.8 Å². The van der Waals surface area contributed by atoms with Crippen LogP contribution in [0.5, 0.6) is 0 Å². The van der Waals surface area contributed by atoms with E-state index in [4.69, 9.17) is 21.4 Å². The fraction of sp³-hybridized carbons (Fsp3) is 0.0625. The molecule has 0 bridgehead atoms. The van der Waals surface area contributed by atoms with Gasteiger partial charge in [0.05, 0.1) is 0 Å². The molecule has 3 aromatic rings. The van der Waals surface area contributed by atoms with Crippen LogP contribution in [0.25, 0.3) is 21.9 Å². The standard InChI is InChI=1S/C14H12N4.C2HF3O2/c15-13-4-3-11(8-18-13)10-2-1-9-5-6-17-14(16)12(9)7-10;3-2(4,5)1(6)7/h1-8H,(H2,15,18)(H2,16,17);(H,6,7). The van der Waals surface area contributed by atoms with Crippen LogP contribution >= 0.6 is 0 Å². The fourth-order valence-corrected chi connectivity index (χ4v) is 1.95. The molecule has 0 aliphatic carbocycles. The van der Waals surface area contributed by atoms with E-state index >= 15 is 0 Å². The number of nitrogens with zero attached hydrogens (tertiary/aromatic N) is 2. The van der Waals surface area contributed by atoms with E-state index in [0.717, 1.165) is 21.9 Å². The summed E-state index contributed by atoms with van der Waals surface area (Å²) in [4.78, 5) is 17.1. The Morgan fingerprint density at radius 3 is 2.20 bits per heavy atom. The summed E-state index contributed by atoms with van der Waals surface area (Å²) in [5.41, 5.74) is 13.5. The van der Waals surface area contributed by atoms with E-state index in [1.54, 1.807) is 18.5 Å². The molecular formula is C16H13F3N4O2. The van der Waals surface area contributed by atoms with Gasteiger partial charge in [-0.2, -0.15) is 13.2 Å². The Labute approximate surface area is 139 Å². The molecule has 0 fully saturated rings. The van der Waals surface area contributed by atoms with Crippen molar-refractivity contribution in [3.63, 3.8) is 0 Å². The molecule has 9 heteroatoms. The number of fused-ring (bicyclic) bond motifs is 1. The van der Waals surface area contributed by atoms with Crippen molar-refractivity contribution in [1.29, 1.82) is 0 Å². The van der Waals surface area contributed by atoms with E-state index in [-0.39, 0.29) is 0 Å². The summed E-state index contributed by atoms with van der Waals surface area (Å²) in [7, 11) is 0. The summed E-state index contributed by atoms with van der Waals surface area (Å²) in [6.45, 7) is 0. The molecule has 0 atom stereocenters. The lowest BCUT2D eigenvalue weighted by Gasteiger charge is -2.05. The number of aromatic nitrogens is 2. The summed E-state index contributed by atoms with van der Waals surface area (Å²) in [6, 6.07) is 11.7. The Morgan fingerprint density at radius 1 is 1.00 bits per heavy atom. The molecule has 0 saturated heterocycles. The van der Waals surface area contributed by atoms with E-state index < -0.39 is 12.1 Å². The van der Waals surface area contributed by atoms with Crippen molar-refractivity contribution in [2.75, 3.05) is 11.5 Å². The minimum atomic E-state index is -5.08. The largest absolute Gasteiger partial charge is 0.490 e. The maximum Gasteiger partial charge on any atom is 0.490 e. The predicted octanol–water partition coefficient (Wildman–Crippen LogP) is 3.09. The second-order valence-corrected chi connectivity index (χ2v) is 4.91. The number of hydrogen-bond acceptors (Lipinski definition) is 5. The molecular weight excluding hydrogens is 337 g/mol. The van der Waals surface area contributed by atoms with Crippen LogP contribution in [0.2, 0.25) is 0 Å². The van der Waals surface area contributed by atoms with Gasteiger partial charge in [-0.15, -0.1) is 0 Å². The van der Waals surface area contributed by atoms with Gasteiger partial charge in [0.2, 0.25) is 0 Å². The number of carboxylic acids is 1. The summed E-state index contributed by atoms with van der Waals surface area (Å²) < 4.78 is 31.7. The molecule has 0 amide bonds. The Balaban J connectivity index is 0.000000277. The fourth-order valence-electron chi connectivity index (χ4n) is 1.95. The normalized spacial score (nSPS) is 10.8. The van der Waals surface area contributed by atoms with Crippen molar-refractivity contribution in [1.82, 2.24) is 9.97 Å². The van der Waals surface area contributed by atoms with Crippen LogP contribution in [0.1, 0.15) is 0 Å². The number of alkyl halides is 3. The first-order chi connectivity index (χ1) is 11.7. The molecule has 25 heavy (non-hydrogen) atoms. The van der Waals surface area contributed by atoms with Crippen LogP contribution < -0.4 is 11.5 Å². The summed E-state index contributed by atoms with van der Waals surface area (Å²) in [6.07, 6.45) is -1.62. The lowest BCUT2D eigenvalue weighted by molar-refractivity contribution is -0.192. The van der Waals surface area contributed by atoms with Crippen molar-refractivity contribution in [3.8, 4) is 11.1 Å². The molecule has 5 N–H and O–H groups in total. The SMILES string of the molecule is Nc1ccc(-c2ccc3ccnc(N)c3c2)cn1.O=C(O)C(F)(F)F. The van der Waals surface area contributed by atoms with Gasteiger partial charge in [-0.3, -0.25) is 0 Å². The monoisotopic (exact) mass is 350 g/mol. The van der Waals surface area contributed by atoms with Crippen LogP contribution in [0, 0.1) is 0 Å². The zero-order valence-corrected chi connectivity index (χ0v) is 12.7. The lowest BCUT2D eigenvalue weighted by atomic mass is 10.0. The molecule has 0 radical (unpaired) electrons. The van der Waals surface area contributed by atoms with Gasteiger partial charge in [0, 0.05) is 23.3 Å². The third kappa shape index (κ3) is 4.56. The molecule has 0 saturated carbocycles. The number of halogens is 3. The first-order valence-corrected chi connectivity index (χ1v) is 6.85. The Hall–Kier alpha value is -3.36. The zero-order valence-electron chi connectivity index (χ0n) is 12.7. The molecule has 0 unspecified atom stereocenters. The van der Waals surface area contributed by atoms with Gasteiger partial charge in [0.1, 0.15) is 11.6 Å². The van der Waals surface area contributed by atoms with Crippen LogP contribution in [-0.4, -0.2) is 27.2 Å². The minimum Gasteiger partial charge on any atom is -0.475 e. The smallest absolute Gasteiger partial charge is 0.475 e. The number of rotatable bonds is 1. The summed E-state index contributed by atoms with van der Waals surface area (Å²) in [5, 5.41) is 9.15. The van der Waals surface area contributed by atoms with Crippen molar-refractivity contribution < 1.29 is 23.1 Å². The first kappa shape index (κ1) is 18.0.